The van der Waals surface area contributed by atoms with Crippen LogP contribution in [0.15, 0.2) is 77.7 Å². The Kier molecular flexibility index (Phi) is 5.04. The molecule has 0 bridgehead atoms. The van der Waals surface area contributed by atoms with Gasteiger partial charge in [-0.05, 0) is 24.1 Å². The minimum atomic E-state index is -0.546. The third-order valence-electron chi connectivity index (χ3n) is 3.91. The molecule has 0 radical (unpaired) electrons. The van der Waals surface area contributed by atoms with Crippen LogP contribution in [0, 0.1) is 5.82 Å². The highest BCUT2D eigenvalue weighted by atomic mass is 19.1. The second-order valence-electron chi connectivity index (χ2n) is 5.68. The molecular formula is C20H17FN2O2. The monoisotopic (exact) mass is 336 g/mol. The van der Waals surface area contributed by atoms with Gasteiger partial charge in [-0.3, -0.25) is 9.59 Å². The molecule has 1 amide bonds. The van der Waals surface area contributed by atoms with Crippen molar-refractivity contribution in [1.82, 2.24) is 10.3 Å². The Balaban J connectivity index is 1.90. The fourth-order valence-electron chi connectivity index (χ4n) is 2.67. The number of pyridine rings is 1. The van der Waals surface area contributed by atoms with Gasteiger partial charge in [-0.2, -0.15) is 0 Å². The molecule has 0 aliphatic heterocycles. The van der Waals surface area contributed by atoms with Gasteiger partial charge >= 0.3 is 0 Å². The smallest absolute Gasteiger partial charge is 0.252 e. The predicted octanol–water partition coefficient (Wildman–Crippen LogP) is 3.23. The second kappa shape index (κ2) is 7.57. The number of hydrogen-bond donors (Lipinski definition) is 2. The van der Waals surface area contributed by atoms with E-state index in [-0.39, 0.29) is 16.9 Å². The van der Waals surface area contributed by atoms with Gasteiger partial charge in [0.25, 0.3) is 5.91 Å². The normalized spacial score (nSPS) is 11.7. The molecule has 1 heterocycles. The number of aromatic nitrogens is 1. The summed E-state index contributed by atoms with van der Waals surface area (Å²) in [5.74, 6) is -0.801. The Bertz CT molecular complexity index is 922. The zero-order chi connectivity index (χ0) is 17.6. The van der Waals surface area contributed by atoms with Gasteiger partial charge in [-0.1, -0.05) is 48.5 Å². The van der Waals surface area contributed by atoms with Crippen molar-refractivity contribution in [3.8, 4) is 0 Å². The Morgan fingerprint density at radius 1 is 1.04 bits per heavy atom. The number of halogens is 1. The summed E-state index contributed by atoms with van der Waals surface area (Å²) in [6.45, 7) is 0. The minimum absolute atomic E-state index is 0.234. The molecule has 0 fully saturated rings. The van der Waals surface area contributed by atoms with Crippen molar-refractivity contribution < 1.29 is 9.18 Å². The van der Waals surface area contributed by atoms with Gasteiger partial charge in [0.2, 0.25) is 5.56 Å². The van der Waals surface area contributed by atoms with Gasteiger partial charge in [0.1, 0.15) is 5.82 Å². The Morgan fingerprint density at radius 3 is 2.48 bits per heavy atom. The maximum Gasteiger partial charge on any atom is 0.252 e. The topological polar surface area (TPSA) is 62.0 Å². The largest absolute Gasteiger partial charge is 0.345 e. The third-order valence-corrected chi connectivity index (χ3v) is 3.91. The van der Waals surface area contributed by atoms with Crippen molar-refractivity contribution in [2.75, 3.05) is 0 Å². The van der Waals surface area contributed by atoms with E-state index in [0.717, 1.165) is 5.56 Å². The summed E-state index contributed by atoms with van der Waals surface area (Å²) in [7, 11) is 0. The number of amides is 1. The van der Waals surface area contributed by atoms with Gasteiger partial charge in [0, 0.05) is 23.4 Å². The zero-order valence-electron chi connectivity index (χ0n) is 13.4. The molecule has 25 heavy (non-hydrogen) atoms. The predicted molar refractivity (Wildman–Crippen MR) is 93.8 cm³/mol. The van der Waals surface area contributed by atoms with Crippen LogP contribution < -0.4 is 10.9 Å². The van der Waals surface area contributed by atoms with Crippen molar-refractivity contribution in [3.05, 3.63) is 106 Å². The first kappa shape index (κ1) is 16.6. The van der Waals surface area contributed by atoms with E-state index in [0.29, 0.717) is 12.0 Å². The molecule has 1 atom stereocenters. The number of nitrogens with one attached hydrogen (secondary N) is 2. The lowest BCUT2D eigenvalue weighted by Crippen LogP contribution is -2.31. The number of benzene rings is 2. The summed E-state index contributed by atoms with van der Waals surface area (Å²) >= 11 is 0. The van der Waals surface area contributed by atoms with E-state index in [1.54, 1.807) is 18.2 Å². The summed E-state index contributed by atoms with van der Waals surface area (Å²) in [5.41, 5.74) is 1.25. The molecule has 0 saturated carbocycles. The average Bonchev–Trinajstić information content (AvgIpc) is 2.62. The van der Waals surface area contributed by atoms with E-state index in [4.69, 9.17) is 0 Å². The number of carbonyl (C=O) groups excluding carboxylic acids is 1. The molecule has 0 spiro atoms. The molecule has 126 valence electrons. The van der Waals surface area contributed by atoms with E-state index in [1.165, 1.54) is 24.4 Å². The molecule has 5 heteroatoms. The summed E-state index contributed by atoms with van der Waals surface area (Å²) < 4.78 is 14.3. The SMILES string of the molecule is O=C(N[C@H](Cc1ccccc1)c1ccccc1F)c1cc[nH]c(=O)c1. The summed E-state index contributed by atoms with van der Waals surface area (Å²) in [6, 6.07) is 18.1. The van der Waals surface area contributed by atoms with Gasteiger partial charge < -0.3 is 10.3 Å². The molecular weight excluding hydrogens is 319 g/mol. The highest BCUT2D eigenvalue weighted by molar-refractivity contribution is 5.94. The van der Waals surface area contributed by atoms with Crippen LogP contribution in [0.25, 0.3) is 0 Å². The van der Waals surface area contributed by atoms with E-state index < -0.39 is 11.9 Å². The first-order valence-corrected chi connectivity index (χ1v) is 7.91. The minimum Gasteiger partial charge on any atom is -0.345 e. The number of carbonyl (C=O) groups is 1. The second-order valence-corrected chi connectivity index (χ2v) is 5.68. The Hall–Kier alpha value is -3.21. The van der Waals surface area contributed by atoms with E-state index in [2.05, 4.69) is 10.3 Å². The average molecular weight is 336 g/mol. The van der Waals surface area contributed by atoms with Crippen molar-refractivity contribution in [1.29, 1.82) is 0 Å². The fourth-order valence-corrected chi connectivity index (χ4v) is 2.67. The van der Waals surface area contributed by atoms with Crippen LogP contribution in [0.2, 0.25) is 0 Å². The molecule has 2 N–H and O–H groups in total. The van der Waals surface area contributed by atoms with E-state index >= 15 is 0 Å². The van der Waals surface area contributed by atoms with Crippen LogP contribution in [0.1, 0.15) is 27.5 Å². The summed E-state index contributed by atoms with van der Waals surface area (Å²) in [4.78, 5) is 26.4. The molecule has 0 saturated heterocycles. The third kappa shape index (κ3) is 4.20. The molecule has 3 rings (SSSR count). The van der Waals surface area contributed by atoms with Crippen molar-refractivity contribution in [2.45, 2.75) is 12.5 Å². The molecule has 0 aliphatic carbocycles. The van der Waals surface area contributed by atoms with Crippen LogP contribution in [0.4, 0.5) is 4.39 Å². The van der Waals surface area contributed by atoms with Gasteiger partial charge in [-0.15, -0.1) is 0 Å². The van der Waals surface area contributed by atoms with E-state index in [9.17, 15) is 14.0 Å². The molecule has 1 aromatic heterocycles. The first-order chi connectivity index (χ1) is 12.1. The van der Waals surface area contributed by atoms with E-state index in [1.807, 2.05) is 30.3 Å². The Morgan fingerprint density at radius 2 is 1.76 bits per heavy atom. The lowest BCUT2D eigenvalue weighted by molar-refractivity contribution is 0.0935. The highest BCUT2D eigenvalue weighted by Crippen LogP contribution is 2.21. The maximum absolute atomic E-state index is 14.3. The maximum atomic E-state index is 14.3. The lowest BCUT2D eigenvalue weighted by Gasteiger charge is -2.20. The molecule has 3 aromatic rings. The number of hydrogen-bond acceptors (Lipinski definition) is 2. The van der Waals surface area contributed by atoms with Crippen LogP contribution in [0.3, 0.4) is 0 Å². The van der Waals surface area contributed by atoms with Gasteiger partial charge in [-0.25, -0.2) is 4.39 Å². The van der Waals surface area contributed by atoms with Crippen LogP contribution in [0.5, 0.6) is 0 Å². The summed E-state index contributed by atoms with van der Waals surface area (Å²) in [6.07, 6.45) is 1.85. The summed E-state index contributed by atoms with van der Waals surface area (Å²) in [5, 5.41) is 2.83. The molecule has 0 unspecified atom stereocenters. The molecule has 4 nitrogen and oxygen atoms in total. The van der Waals surface area contributed by atoms with Crippen molar-refractivity contribution >= 4 is 5.91 Å². The number of aromatic amines is 1. The Labute approximate surface area is 144 Å². The zero-order valence-corrected chi connectivity index (χ0v) is 13.4. The van der Waals surface area contributed by atoms with Crippen LogP contribution >= 0.6 is 0 Å². The first-order valence-electron chi connectivity index (χ1n) is 7.91. The number of H-pyrrole nitrogens is 1. The lowest BCUT2D eigenvalue weighted by atomic mass is 9.98. The van der Waals surface area contributed by atoms with Gasteiger partial charge in [0.05, 0.1) is 6.04 Å². The number of rotatable bonds is 5. The standard InChI is InChI=1S/C20H17FN2O2/c21-17-9-5-4-8-16(17)18(12-14-6-2-1-3-7-14)23-20(25)15-10-11-22-19(24)13-15/h1-11,13,18H,12H2,(H,22,24)(H,23,25)/t18-/m1/s1. The van der Waals surface area contributed by atoms with Crippen molar-refractivity contribution in [2.24, 2.45) is 0 Å². The molecule has 0 aliphatic rings. The highest BCUT2D eigenvalue weighted by Gasteiger charge is 2.19. The fraction of sp³-hybridized carbons (Fsp3) is 0.100. The van der Waals surface area contributed by atoms with Crippen LogP contribution in [-0.4, -0.2) is 10.9 Å². The van der Waals surface area contributed by atoms with Gasteiger partial charge in [0.15, 0.2) is 0 Å². The quantitative estimate of drug-likeness (QED) is 0.751. The van der Waals surface area contributed by atoms with Crippen LogP contribution in [-0.2, 0) is 6.42 Å². The molecule has 2 aromatic carbocycles. The van der Waals surface area contributed by atoms with Crippen molar-refractivity contribution in [3.63, 3.8) is 0 Å².